The van der Waals surface area contributed by atoms with Crippen molar-refractivity contribution in [2.24, 2.45) is 5.92 Å². The summed E-state index contributed by atoms with van der Waals surface area (Å²) in [5.74, 6) is 1.17. The second-order valence-corrected chi connectivity index (χ2v) is 12.3. The van der Waals surface area contributed by atoms with Gasteiger partial charge >= 0.3 is 6.03 Å². The molecule has 11 heteroatoms. The van der Waals surface area contributed by atoms with Crippen molar-refractivity contribution < 1.29 is 32.5 Å². The first kappa shape index (κ1) is 27.3. The standard InChI is InChI=1S/C28H35N3O7S/c1-18-14-31(19(2)16-32)39(34,35)27-11-8-21(20-6-4-5-7-20)12-25(27)38-26(18)15-30(3)28(33)29-22-9-10-23-24(13-22)37-17-36-23/h6,8-13,18-19,26,32H,4-5,7,14-17H2,1-3H3,(H,29,33)/t18-,19-,26+/m1/s1. The van der Waals surface area contributed by atoms with Gasteiger partial charge in [0.2, 0.25) is 16.8 Å². The van der Waals surface area contributed by atoms with Crippen LogP contribution in [0, 0.1) is 5.92 Å². The van der Waals surface area contributed by atoms with Crippen LogP contribution in [0.2, 0.25) is 0 Å². The number of benzene rings is 2. The molecule has 2 aliphatic heterocycles. The van der Waals surface area contributed by atoms with E-state index in [1.165, 1.54) is 14.8 Å². The van der Waals surface area contributed by atoms with Gasteiger partial charge in [-0.3, -0.25) is 0 Å². The zero-order valence-electron chi connectivity index (χ0n) is 22.4. The third-order valence-corrected chi connectivity index (χ3v) is 9.52. The Kier molecular flexibility index (Phi) is 7.75. The van der Waals surface area contributed by atoms with Crippen molar-refractivity contribution in [2.75, 3.05) is 38.9 Å². The van der Waals surface area contributed by atoms with Gasteiger partial charge in [-0.15, -0.1) is 0 Å². The molecule has 2 heterocycles. The van der Waals surface area contributed by atoms with Crippen LogP contribution in [0.4, 0.5) is 10.5 Å². The SMILES string of the molecule is C[C@@H]1CN([C@H](C)CO)S(=O)(=O)c2ccc(C3=CCCC3)cc2O[C@H]1CN(C)C(=O)Nc1ccc2c(c1)OCO2. The van der Waals surface area contributed by atoms with E-state index in [2.05, 4.69) is 11.4 Å². The smallest absolute Gasteiger partial charge is 0.321 e. The lowest BCUT2D eigenvalue weighted by Crippen LogP contribution is -2.50. The number of sulfonamides is 1. The molecule has 2 aromatic rings. The Morgan fingerprint density at radius 3 is 2.72 bits per heavy atom. The minimum absolute atomic E-state index is 0.0644. The molecule has 3 atom stereocenters. The van der Waals surface area contributed by atoms with Crippen molar-refractivity contribution in [1.82, 2.24) is 9.21 Å². The van der Waals surface area contributed by atoms with E-state index in [4.69, 9.17) is 14.2 Å². The normalized spacial score (nSPS) is 22.6. The van der Waals surface area contributed by atoms with Crippen molar-refractivity contribution in [3.63, 3.8) is 0 Å². The van der Waals surface area contributed by atoms with Gasteiger partial charge < -0.3 is 29.5 Å². The van der Waals surface area contributed by atoms with E-state index in [9.17, 15) is 18.3 Å². The van der Waals surface area contributed by atoms with Gasteiger partial charge in [0.15, 0.2) is 11.5 Å². The van der Waals surface area contributed by atoms with Gasteiger partial charge in [-0.2, -0.15) is 4.31 Å². The number of likely N-dealkylation sites (N-methyl/N-ethyl adjacent to an activating group) is 1. The maximum atomic E-state index is 13.7. The molecule has 0 aromatic heterocycles. The molecule has 1 aliphatic carbocycles. The van der Waals surface area contributed by atoms with Crippen molar-refractivity contribution in [3.05, 3.63) is 48.0 Å². The molecule has 0 fully saturated rings. The molecule has 0 saturated carbocycles. The van der Waals surface area contributed by atoms with Crippen LogP contribution in [0.3, 0.4) is 0 Å². The number of rotatable bonds is 6. The van der Waals surface area contributed by atoms with Gasteiger partial charge in [-0.25, -0.2) is 13.2 Å². The van der Waals surface area contributed by atoms with E-state index in [0.717, 1.165) is 24.8 Å². The number of amides is 2. The predicted molar refractivity (Wildman–Crippen MR) is 147 cm³/mol. The fraction of sp³-hybridized carbons (Fsp3) is 0.464. The lowest BCUT2D eigenvalue weighted by molar-refractivity contribution is 0.0830. The Morgan fingerprint density at radius 1 is 1.18 bits per heavy atom. The average Bonchev–Trinajstić information content (AvgIpc) is 3.62. The van der Waals surface area contributed by atoms with E-state index in [-0.39, 0.29) is 49.1 Å². The topological polar surface area (TPSA) is 118 Å². The van der Waals surface area contributed by atoms with Crippen molar-refractivity contribution in [1.29, 1.82) is 0 Å². The molecule has 3 aliphatic rings. The molecule has 210 valence electrons. The Labute approximate surface area is 229 Å². The van der Waals surface area contributed by atoms with Crippen LogP contribution in [-0.2, 0) is 10.0 Å². The van der Waals surface area contributed by atoms with Crippen LogP contribution in [-0.4, -0.2) is 74.4 Å². The highest BCUT2D eigenvalue weighted by Gasteiger charge is 2.38. The van der Waals surface area contributed by atoms with Crippen molar-refractivity contribution >= 4 is 27.3 Å². The minimum Gasteiger partial charge on any atom is -0.487 e. The number of ether oxygens (including phenoxy) is 3. The van der Waals surface area contributed by atoms with Gasteiger partial charge in [-0.05, 0) is 61.6 Å². The zero-order chi connectivity index (χ0) is 27.7. The van der Waals surface area contributed by atoms with Crippen LogP contribution in [0.1, 0.15) is 38.7 Å². The molecule has 0 spiro atoms. The fourth-order valence-corrected chi connectivity index (χ4v) is 6.95. The third-order valence-electron chi connectivity index (χ3n) is 7.50. The van der Waals surface area contributed by atoms with E-state index >= 15 is 0 Å². The summed E-state index contributed by atoms with van der Waals surface area (Å²) >= 11 is 0. The highest BCUT2D eigenvalue weighted by atomic mass is 32.2. The number of hydrogen-bond donors (Lipinski definition) is 2. The molecule has 2 aromatic carbocycles. The quantitative estimate of drug-likeness (QED) is 0.553. The van der Waals surface area contributed by atoms with E-state index in [0.29, 0.717) is 17.2 Å². The first-order valence-electron chi connectivity index (χ1n) is 13.2. The van der Waals surface area contributed by atoms with Crippen molar-refractivity contribution in [2.45, 2.75) is 50.2 Å². The number of nitrogens with zero attached hydrogens (tertiary/aromatic N) is 2. The number of nitrogens with one attached hydrogen (secondary N) is 1. The first-order chi connectivity index (χ1) is 18.7. The maximum absolute atomic E-state index is 13.7. The van der Waals surface area contributed by atoms with Gasteiger partial charge in [0.1, 0.15) is 16.7 Å². The monoisotopic (exact) mass is 557 g/mol. The summed E-state index contributed by atoms with van der Waals surface area (Å²) in [7, 11) is -2.26. The number of allylic oxidation sites excluding steroid dienone is 2. The summed E-state index contributed by atoms with van der Waals surface area (Å²) in [6.45, 7) is 3.77. The Morgan fingerprint density at radius 2 is 1.97 bits per heavy atom. The van der Waals surface area contributed by atoms with Gasteiger partial charge in [0.25, 0.3) is 0 Å². The number of anilines is 1. The number of aliphatic hydroxyl groups excluding tert-OH is 1. The Balaban J connectivity index is 1.41. The molecular formula is C28H35N3O7S. The molecule has 0 radical (unpaired) electrons. The highest BCUT2D eigenvalue weighted by molar-refractivity contribution is 7.89. The summed E-state index contributed by atoms with van der Waals surface area (Å²) in [5.41, 5.74) is 2.67. The van der Waals surface area contributed by atoms with E-state index < -0.39 is 22.2 Å². The first-order valence-corrected chi connectivity index (χ1v) is 14.7. The average molecular weight is 558 g/mol. The van der Waals surface area contributed by atoms with Crippen LogP contribution in [0.15, 0.2) is 47.4 Å². The molecule has 2 amide bonds. The maximum Gasteiger partial charge on any atom is 0.321 e. The molecule has 39 heavy (non-hydrogen) atoms. The Hall–Kier alpha value is -3.28. The molecular weight excluding hydrogens is 522 g/mol. The van der Waals surface area contributed by atoms with Crippen LogP contribution in [0.5, 0.6) is 17.2 Å². The van der Waals surface area contributed by atoms with Gasteiger partial charge in [0.05, 0.1) is 13.2 Å². The number of carbonyl (C=O) groups excluding carboxylic acids is 1. The summed E-state index contributed by atoms with van der Waals surface area (Å²) in [4.78, 5) is 14.7. The van der Waals surface area contributed by atoms with Crippen LogP contribution >= 0.6 is 0 Å². The summed E-state index contributed by atoms with van der Waals surface area (Å²) in [6, 6.07) is 9.44. The van der Waals surface area contributed by atoms with E-state index in [1.54, 1.807) is 44.3 Å². The minimum atomic E-state index is -3.93. The largest absolute Gasteiger partial charge is 0.487 e. The molecule has 5 rings (SSSR count). The summed E-state index contributed by atoms with van der Waals surface area (Å²) in [5, 5.41) is 12.7. The molecule has 2 N–H and O–H groups in total. The molecule has 0 unspecified atom stereocenters. The zero-order valence-corrected chi connectivity index (χ0v) is 23.2. The molecule has 0 bridgehead atoms. The lowest BCUT2D eigenvalue weighted by atomic mass is 10.0. The fourth-order valence-electron chi connectivity index (χ4n) is 5.12. The van der Waals surface area contributed by atoms with Crippen LogP contribution in [0.25, 0.3) is 5.57 Å². The highest BCUT2D eigenvalue weighted by Crippen LogP contribution is 2.38. The number of aliphatic hydroxyl groups is 1. The van der Waals surface area contributed by atoms with Gasteiger partial charge in [0, 0.05) is 37.3 Å². The number of fused-ring (bicyclic) bond motifs is 2. The third kappa shape index (κ3) is 5.57. The van der Waals surface area contributed by atoms with Crippen molar-refractivity contribution in [3.8, 4) is 17.2 Å². The Bertz CT molecular complexity index is 1380. The number of urea groups is 1. The summed E-state index contributed by atoms with van der Waals surface area (Å²) in [6.07, 6.45) is 4.66. The van der Waals surface area contributed by atoms with Gasteiger partial charge in [-0.1, -0.05) is 19.1 Å². The second kappa shape index (κ2) is 11.1. The number of hydrogen-bond acceptors (Lipinski definition) is 7. The lowest BCUT2D eigenvalue weighted by Gasteiger charge is -2.37. The molecule has 10 nitrogen and oxygen atoms in total. The summed E-state index contributed by atoms with van der Waals surface area (Å²) < 4.78 is 45.9. The van der Waals surface area contributed by atoms with E-state index in [1.807, 2.05) is 13.0 Å². The molecule has 0 saturated heterocycles. The second-order valence-electron chi connectivity index (χ2n) is 10.4. The predicted octanol–water partition coefficient (Wildman–Crippen LogP) is 3.92. The number of carbonyl (C=O) groups is 1. The van der Waals surface area contributed by atoms with Crippen LogP contribution < -0.4 is 19.5 Å².